The molecule has 3 atom stereocenters. The predicted octanol–water partition coefficient (Wildman–Crippen LogP) is 3.04. The average molecular weight is 423 g/mol. The monoisotopic (exact) mass is 422 g/mol. The molecule has 2 aliphatic heterocycles. The predicted molar refractivity (Wildman–Crippen MR) is 117 cm³/mol. The van der Waals surface area contributed by atoms with E-state index in [1.165, 1.54) is 0 Å². The molecule has 0 unspecified atom stereocenters. The molecule has 30 heavy (non-hydrogen) atoms. The summed E-state index contributed by atoms with van der Waals surface area (Å²) in [6.07, 6.45) is 1.03. The lowest BCUT2D eigenvalue weighted by Crippen LogP contribution is -2.50. The number of hydrogen-bond acceptors (Lipinski definition) is 4. The first kappa shape index (κ1) is 19.3. The molecule has 7 heteroatoms. The minimum atomic E-state index is -0.177. The van der Waals surface area contributed by atoms with Crippen molar-refractivity contribution in [2.24, 2.45) is 5.92 Å². The summed E-state index contributed by atoms with van der Waals surface area (Å²) in [5, 5.41) is 7.82. The number of fused-ring (bicyclic) bond motifs is 5. The molecule has 3 aromatic rings. The summed E-state index contributed by atoms with van der Waals surface area (Å²) in [6, 6.07) is 12.6. The first-order valence-electron chi connectivity index (χ1n) is 10.3. The van der Waals surface area contributed by atoms with Crippen LogP contribution in [0, 0.1) is 12.8 Å². The second-order valence-corrected chi connectivity index (χ2v) is 8.64. The van der Waals surface area contributed by atoms with Crippen LogP contribution in [0.15, 0.2) is 47.3 Å². The maximum Gasteiger partial charge on any atom is 0.252 e. The number of carbonyl (C=O) groups excluding carboxylic acids is 1. The zero-order valence-electron chi connectivity index (χ0n) is 16.7. The maximum atomic E-state index is 13.2. The molecule has 0 spiro atoms. The van der Waals surface area contributed by atoms with Gasteiger partial charge in [0.2, 0.25) is 0 Å². The Hall–Kier alpha value is -2.70. The third-order valence-corrected chi connectivity index (χ3v) is 6.64. The Morgan fingerprint density at radius 3 is 2.97 bits per heavy atom. The van der Waals surface area contributed by atoms with Gasteiger partial charge < -0.3 is 15.2 Å². The van der Waals surface area contributed by atoms with E-state index < -0.39 is 0 Å². The molecule has 2 aliphatic rings. The van der Waals surface area contributed by atoms with E-state index in [2.05, 4.69) is 15.6 Å². The van der Waals surface area contributed by atoms with Crippen molar-refractivity contribution < 1.29 is 4.79 Å². The fraction of sp³-hybridized carbons (Fsp3) is 0.348. The van der Waals surface area contributed by atoms with Gasteiger partial charge in [0, 0.05) is 48.4 Å². The van der Waals surface area contributed by atoms with Crippen LogP contribution >= 0.6 is 11.6 Å². The number of nitrogens with zero attached hydrogens (tertiary/aromatic N) is 2. The molecule has 1 amide bonds. The average Bonchev–Trinajstić information content (AvgIpc) is 2.74. The highest BCUT2D eigenvalue weighted by atomic mass is 35.5. The molecule has 2 aromatic heterocycles. The zero-order chi connectivity index (χ0) is 20.8. The third kappa shape index (κ3) is 3.20. The van der Waals surface area contributed by atoms with Crippen molar-refractivity contribution >= 4 is 28.4 Å². The van der Waals surface area contributed by atoms with Gasteiger partial charge in [-0.2, -0.15) is 0 Å². The number of aromatic nitrogens is 2. The van der Waals surface area contributed by atoms with Gasteiger partial charge in [-0.25, -0.2) is 0 Å². The van der Waals surface area contributed by atoms with E-state index >= 15 is 0 Å². The van der Waals surface area contributed by atoms with Crippen molar-refractivity contribution in [3.05, 3.63) is 74.8 Å². The number of para-hydroxylation sites is 1. The lowest BCUT2D eigenvalue weighted by atomic mass is 9.79. The summed E-state index contributed by atoms with van der Waals surface area (Å²) >= 11 is 6.30. The summed E-state index contributed by atoms with van der Waals surface area (Å²) in [5.41, 5.74) is 2.97. The Morgan fingerprint density at radius 2 is 2.10 bits per heavy atom. The molecule has 4 heterocycles. The van der Waals surface area contributed by atoms with Gasteiger partial charge in [-0.15, -0.1) is 0 Å². The van der Waals surface area contributed by atoms with Gasteiger partial charge in [0.25, 0.3) is 11.5 Å². The van der Waals surface area contributed by atoms with Crippen LogP contribution in [0.25, 0.3) is 10.9 Å². The number of carbonyl (C=O) groups is 1. The molecular weight excluding hydrogens is 400 g/mol. The first-order chi connectivity index (χ1) is 14.5. The normalized spacial score (nSPS) is 22.5. The molecule has 1 aromatic carbocycles. The second kappa shape index (κ2) is 7.52. The number of halogens is 1. The molecule has 2 N–H and O–H groups in total. The molecular formula is C23H23ClN4O2. The summed E-state index contributed by atoms with van der Waals surface area (Å²) in [5.74, 6) is 0.477. The highest BCUT2D eigenvalue weighted by Crippen LogP contribution is 2.38. The number of hydrogen-bond donors (Lipinski definition) is 2. The number of piperidine rings is 1. The summed E-state index contributed by atoms with van der Waals surface area (Å²) in [4.78, 5) is 30.3. The molecule has 5 rings (SSSR count). The minimum Gasteiger partial charge on any atom is -0.350 e. The smallest absolute Gasteiger partial charge is 0.252 e. The number of pyridine rings is 2. The Bertz CT molecular complexity index is 1210. The summed E-state index contributed by atoms with van der Waals surface area (Å²) in [7, 11) is 0. The fourth-order valence-corrected chi connectivity index (χ4v) is 5.21. The third-order valence-electron chi connectivity index (χ3n) is 6.33. The quantitative estimate of drug-likeness (QED) is 0.680. The van der Waals surface area contributed by atoms with Crippen molar-refractivity contribution in [1.82, 2.24) is 20.2 Å². The van der Waals surface area contributed by atoms with E-state index in [-0.39, 0.29) is 17.5 Å². The highest BCUT2D eigenvalue weighted by molar-refractivity contribution is 6.35. The summed E-state index contributed by atoms with van der Waals surface area (Å²) in [6.45, 7) is 4.00. The van der Waals surface area contributed by atoms with Crippen molar-refractivity contribution in [3.63, 3.8) is 0 Å². The number of benzene rings is 1. The first-order valence-corrected chi connectivity index (χ1v) is 10.7. The van der Waals surface area contributed by atoms with Crippen LogP contribution in [0.1, 0.15) is 40.1 Å². The van der Waals surface area contributed by atoms with E-state index in [1.807, 2.05) is 35.8 Å². The molecule has 154 valence electrons. The Morgan fingerprint density at radius 1 is 1.27 bits per heavy atom. The van der Waals surface area contributed by atoms with E-state index in [9.17, 15) is 9.59 Å². The van der Waals surface area contributed by atoms with Crippen LogP contribution in [0.5, 0.6) is 0 Å². The lowest BCUT2D eigenvalue weighted by Gasteiger charge is -2.43. The maximum absolute atomic E-state index is 13.2. The molecule has 6 nitrogen and oxygen atoms in total. The highest BCUT2D eigenvalue weighted by Gasteiger charge is 2.37. The molecule has 0 aliphatic carbocycles. The van der Waals surface area contributed by atoms with Crippen LogP contribution in [0.2, 0.25) is 5.02 Å². The topological polar surface area (TPSA) is 76.0 Å². The van der Waals surface area contributed by atoms with Gasteiger partial charge in [0.1, 0.15) is 0 Å². The van der Waals surface area contributed by atoms with Crippen LogP contribution in [0.3, 0.4) is 0 Å². The van der Waals surface area contributed by atoms with Crippen molar-refractivity contribution in [1.29, 1.82) is 0 Å². The van der Waals surface area contributed by atoms with Crippen molar-refractivity contribution in [2.75, 3.05) is 19.6 Å². The molecule has 0 saturated carbocycles. The van der Waals surface area contributed by atoms with Crippen molar-refractivity contribution in [2.45, 2.75) is 25.3 Å². The summed E-state index contributed by atoms with van der Waals surface area (Å²) < 4.78 is 1.90. The van der Waals surface area contributed by atoms with Gasteiger partial charge >= 0.3 is 0 Å². The standard InChI is InChI=1S/C23H23ClN4O2/c1-13-8-17(16-4-2-5-18(24)22(16)27-13)23(30)26-12-20-15-9-14(10-25-11-15)19-6-3-7-21(29)28(19)20/h2-8,14-15,20,25H,9-12H2,1H3,(H,26,30)/t14-,15+,20+/m1/s1. The Labute approximate surface area is 179 Å². The Kier molecular flexibility index (Phi) is 4.83. The lowest BCUT2D eigenvalue weighted by molar-refractivity contribution is 0.0933. The van der Waals surface area contributed by atoms with Crippen LogP contribution in [0.4, 0.5) is 0 Å². The molecule has 1 saturated heterocycles. The van der Waals surface area contributed by atoms with Crippen molar-refractivity contribution in [3.8, 4) is 0 Å². The van der Waals surface area contributed by atoms with Crippen LogP contribution in [-0.4, -0.2) is 35.1 Å². The van der Waals surface area contributed by atoms with Crippen LogP contribution < -0.4 is 16.2 Å². The number of rotatable bonds is 3. The number of amides is 1. The van der Waals surface area contributed by atoms with E-state index in [4.69, 9.17) is 11.6 Å². The van der Waals surface area contributed by atoms with E-state index in [0.29, 0.717) is 34.5 Å². The fourth-order valence-electron chi connectivity index (χ4n) is 4.99. The van der Waals surface area contributed by atoms with Gasteiger partial charge in [0.05, 0.1) is 22.1 Å². The Balaban J connectivity index is 1.47. The largest absolute Gasteiger partial charge is 0.350 e. The van der Waals surface area contributed by atoms with Gasteiger partial charge in [-0.05, 0) is 37.5 Å². The zero-order valence-corrected chi connectivity index (χ0v) is 17.4. The minimum absolute atomic E-state index is 0.000311. The van der Waals surface area contributed by atoms with Gasteiger partial charge in [-0.1, -0.05) is 29.8 Å². The van der Waals surface area contributed by atoms with Crippen LogP contribution in [-0.2, 0) is 0 Å². The van der Waals surface area contributed by atoms with E-state index in [1.54, 1.807) is 18.2 Å². The van der Waals surface area contributed by atoms with Gasteiger partial charge in [0.15, 0.2) is 0 Å². The molecule has 2 bridgehead atoms. The SMILES string of the molecule is Cc1cc(C(=O)NC[C@H]2[C@@H]3CNC[C@@H](C3)c3cccc(=O)n32)c2cccc(Cl)c2n1. The molecule has 1 fully saturated rings. The number of aryl methyl sites for hydroxylation is 1. The van der Waals surface area contributed by atoms with Gasteiger partial charge in [-0.3, -0.25) is 14.6 Å². The van der Waals surface area contributed by atoms with E-state index in [0.717, 1.165) is 36.3 Å². The second-order valence-electron chi connectivity index (χ2n) is 8.23. The molecule has 0 radical (unpaired) electrons. The number of nitrogens with one attached hydrogen (secondary N) is 2.